The van der Waals surface area contributed by atoms with Crippen LogP contribution in [0.2, 0.25) is 0 Å². The quantitative estimate of drug-likeness (QED) is 0.233. The molecule has 0 aromatic heterocycles. The van der Waals surface area contributed by atoms with Gasteiger partial charge in [-0.1, -0.05) is 105 Å². The summed E-state index contributed by atoms with van der Waals surface area (Å²) in [5.41, 5.74) is 2.95. The second-order valence-electron chi connectivity index (χ2n) is 10.4. The highest BCUT2D eigenvalue weighted by Crippen LogP contribution is 2.10. The van der Waals surface area contributed by atoms with Crippen LogP contribution in [-0.2, 0) is 38.7 Å². The average molecular weight is 547 g/mol. The molecule has 3 N–H and O–H groups in total. The van der Waals surface area contributed by atoms with Gasteiger partial charge in [0, 0.05) is 6.42 Å². The molecule has 0 fully saturated rings. The Hall–Kier alpha value is -3.52. The molecule has 7 nitrogen and oxygen atoms in total. The maximum absolute atomic E-state index is 13.3. The maximum atomic E-state index is 13.3. The largest absolute Gasteiger partial charge is 0.381 e. The zero-order valence-electron chi connectivity index (χ0n) is 23.5. The van der Waals surface area contributed by atoms with Gasteiger partial charge < -0.3 is 25.2 Å². The number of benzene rings is 3. The number of aliphatic hydroxyl groups is 1. The fraction of sp³-hybridized carbons (Fsp3) is 0.394. The first kappa shape index (κ1) is 31.0. The van der Waals surface area contributed by atoms with Crippen molar-refractivity contribution in [2.24, 2.45) is 5.92 Å². The lowest BCUT2D eigenvalue weighted by Crippen LogP contribution is -2.54. The van der Waals surface area contributed by atoms with E-state index in [1.165, 1.54) is 0 Å². The van der Waals surface area contributed by atoms with E-state index < -0.39 is 24.1 Å². The number of ether oxygens (including phenoxy) is 2. The van der Waals surface area contributed by atoms with Gasteiger partial charge in [0.2, 0.25) is 5.91 Å². The zero-order chi connectivity index (χ0) is 28.6. The van der Waals surface area contributed by atoms with Crippen molar-refractivity contribution in [2.45, 2.75) is 64.5 Å². The van der Waals surface area contributed by atoms with Crippen LogP contribution in [0.3, 0.4) is 0 Å². The first-order valence-corrected chi connectivity index (χ1v) is 14.0. The zero-order valence-corrected chi connectivity index (χ0v) is 23.5. The standard InChI is InChI=1S/C33H42N2O5/c1-25(2)18-19-31(36)35-30(20-26-12-6-3-7-13-26)32(37)33(38)34-29(23-39-21-27-14-8-4-9-15-27)24-40-22-28-16-10-5-11-17-28/h3-17,25,29-30,32,37H,18-24H2,1-2H3,(H,34,38)(H,35,36)/t30-,32?/m0/s1. The van der Waals surface area contributed by atoms with Crippen molar-refractivity contribution in [1.82, 2.24) is 10.6 Å². The molecule has 3 rings (SSSR count). The van der Waals surface area contributed by atoms with E-state index in [2.05, 4.69) is 24.5 Å². The molecule has 0 heterocycles. The van der Waals surface area contributed by atoms with Crippen molar-refractivity contribution < 1.29 is 24.2 Å². The van der Waals surface area contributed by atoms with Crippen LogP contribution in [-0.4, -0.2) is 48.3 Å². The molecule has 0 aliphatic carbocycles. The number of carbonyl (C=O) groups is 2. The molecule has 0 saturated heterocycles. The van der Waals surface area contributed by atoms with Crippen LogP contribution in [0.1, 0.15) is 43.4 Å². The Morgan fingerprint density at radius 1 is 0.725 bits per heavy atom. The van der Waals surface area contributed by atoms with Crippen LogP contribution < -0.4 is 10.6 Å². The summed E-state index contributed by atoms with van der Waals surface area (Å²) >= 11 is 0. The second kappa shape index (κ2) is 17.2. The van der Waals surface area contributed by atoms with Crippen LogP contribution in [0.5, 0.6) is 0 Å². The number of hydrogen-bond acceptors (Lipinski definition) is 5. The van der Waals surface area contributed by atoms with Crippen molar-refractivity contribution in [3.8, 4) is 0 Å². The molecule has 0 saturated carbocycles. The van der Waals surface area contributed by atoms with E-state index in [0.717, 1.165) is 23.1 Å². The van der Waals surface area contributed by atoms with Crippen molar-refractivity contribution in [3.05, 3.63) is 108 Å². The van der Waals surface area contributed by atoms with Crippen molar-refractivity contribution in [3.63, 3.8) is 0 Å². The van der Waals surface area contributed by atoms with E-state index in [-0.39, 0.29) is 19.1 Å². The molecule has 0 bridgehead atoms. The topological polar surface area (TPSA) is 96.9 Å². The van der Waals surface area contributed by atoms with E-state index in [9.17, 15) is 14.7 Å². The number of aliphatic hydroxyl groups excluding tert-OH is 1. The summed E-state index contributed by atoms with van der Waals surface area (Å²) in [6, 6.07) is 27.8. The van der Waals surface area contributed by atoms with Crippen LogP contribution in [0.25, 0.3) is 0 Å². The molecule has 40 heavy (non-hydrogen) atoms. The Bertz CT molecular complexity index is 1080. The molecule has 0 radical (unpaired) electrons. The Balaban J connectivity index is 1.64. The molecule has 0 spiro atoms. The van der Waals surface area contributed by atoms with Crippen molar-refractivity contribution in [1.29, 1.82) is 0 Å². The number of carbonyl (C=O) groups excluding carboxylic acids is 2. The number of rotatable bonds is 17. The third-order valence-electron chi connectivity index (χ3n) is 6.45. The summed E-state index contributed by atoms with van der Waals surface area (Å²) < 4.78 is 11.8. The lowest BCUT2D eigenvalue weighted by atomic mass is 9.99. The van der Waals surface area contributed by atoms with Gasteiger partial charge in [0.1, 0.15) is 0 Å². The highest BCUT2D eigenvalue weighted by molar-refractivity contribution is 5.83. The van der Waals surface area contributed by atoms with Gasteiger partial charge in [-0.3, -0.25) is 9.59 Å². The van der Waals surface area contributed by atoms with Gasteiger partial charge in [0.15, 0.2) is 6.10 Å². The van der Waals surface area contributed by atoms with E-state index in [1.54, 1.807) is 0 Å². The Labute approximate surface area is 237 Å². The summed E-state index contributed by atoms with van der Waals surface area (Å²) in [5.74, 6) is -0.392. The molecule has 1 unspecified atom stereocenters. The van der Waals surface area contributed by atoms with Gasteiger partial charge in [0.05, 0.1) is 38.5 Å². The van der Waals surface area contributed by atoms with E-state index >= 15 is 0 Å². The summed E-state index contributed by atoms with van der Waals surface area (Å²) in [7, 11) is 0. The number of nitrogens with one attached hydrogen (secondary N) is 2. The average Bonchev–Trinajstić information content (AvgIpc) is 2.97. The van der Waals surface area contributed by atoms with Crippen molar-refractivity contribution >= 4 is 11.8 Å². The predicted molar refractivity (Wildman–Crippen MR) is 156 cm³/mol. The normalized spacial score (nSPS) is 12.7. The Kier molecular flexibility index (Phi) is 13.4. The SMILES string of the molecule is CC(C)CCC(=O)N[C@@H](Cc1ccccc1)C(O)C(=O)NC(COCc1ccccc1)COCc1ccccc1. The van der Waals surface area contributed by atoms with Gasteiger partial charge in [-0.05, 0) is 35.4 Å². The molecular weight excluding hydrogens is 504 g/mol. The van der Waals surface area contributed by atoms with E-state index in [4.69, 9.17) is 9.47 Å². The van der Waals surface area contributed by atoms with E-state index in [1.807, 2.05) is 91.0 Å². The minimum absolute atomic E-state index is 0.185. The van der Waals surface area contributed by atoms with Gasteiger partial charge >= 0.3 is 0 Å². The minimum atomic E-state index is -1.45. The lowest BCUT2D eigenvalue weighted by Gasteiger charge is -2.26. The first-order chi connectivity index (χ1) is 19.4. The fourth-order valence-electron chi connectivity index (χ4n) is 4.20. The molecule has 2 amide bonds. The number of hydrogen-bond donors (Lipinski definition) is 3. The maximum Gasteiger partial charge on any atom is 0.251 e. The Morgan fingerprint density at radius 3 is 1.68 bits per heavy atom. The highest BCUT2D eigenvalue weighted by Gasteiger charge is 2.29. The van der Waals surface area contributed by atoms with Gasteiger partial charge in [-0.2, -0.15) is 0 Å². The number of amides is 2. The van der Waals surface area contributed by atoms with E-state index in [0.29, 0.717) is 32.0 Å². The third-order valence-corrected chi connectivity index (χ3v) is 6.45. The van der Waals surface area contributed by atoms with Gasteiger partial charge in [-0.15, -0.1) is 0 Å². The second-order valence-corrected chi connectivity index (χ2v) is 10.4. The summed E-state index contributed by atoms with van der Waals surface area (Å²) in [4.78, 5) is 25.9. The molecule has 0 aliphatic rings. The third kappa shape index (κ3) is 11.7. The monoisotopic (exact) mass is 546 g/mol. The molecule has 3 aromatic carbocycles. The molecule has 7 heteroatoms. The summed E-state index contributed by atoms with van der Waals surface area (Å²) in [6.45, 7) is 5.28. The molecular formula is C33H42N2O5. The molecule has 3 aromatic rings. The van der Waals surface area contributed by atoms with Crippen molar-refractivity contribution in [2.75, 3.05) is 13.2 Å². The van der Waals surface area contributed by atoms with Gasteiger partial charge in [-0.25, -0.2) is 0 Å². The van der Waals surface area contributed by atoms with Crippen LogP contribution in [0, 0.1) is 5.92 Å². The van der Waals surface area contributed by atoms with Crippen LogP contribution in [0.15, 0.2) is 91.0 Å². The Morgan fingerprint density at radius 2 is 1.20 bits per heavy atom. The van der Waals surface area contributed by atoms with Crippen LogP contribution >= 0.6 is 0 Å². The first-order valence-electron chi connectivity index (χ1n) is 14.0. The van der Waals surface area contributed by atoms with Crippen LogP contribution in [0.4, 0.5) is 0 Å². The minimum Gasteiger partial charge on any atom is -0.381 e. The fourth-order valence-corrected chi connectivity index (χ4v) is 4.20. The summed E-state index contributed by atoms with van der Waals surface area (Å²) in [5, 5.41) is 16.9. The summed E-state index contributed by atoms with van der Waals surface area (Å²) in [6.07, 6.45) is -0.0663. The smallest absolute Gasteiger partial charge is 0.251 e. The predicted octanol–water partition coefficient (Wildman–Crippen LogP) is 4.43. The molecule has 214 valence electrons. The van der Waals surface area contributed by atoms with Gasteiger partial charge in [0.25, 0.3) is 5.91 Å². The molecule has 2 atom stereocenters. The molecule has 0 aliphatic heterocycles. The lowest BCUT2D eigenvalue weighted by molar-refractivity contribution is -0.134. The highest BCUT2D eigenvalue weighted by atomic mass is 16.5.